The predicted octanol–water partition coefficient (Wildman–Crippen LogP) is 1.96. The molecule has 6 nitrogen and oxygen atoms in total. The van der Waals surface area contributed by atoms with Crippen LogP contribution in [-0.2, 0) is 15.8 Å². The van der Waals surface area contributed by atoms with Gasteiger partial charge in [-0.25, -0.2) is 22.4 Å². The van der Waals surface area contributed by atoms with Crippen molar-refractivity contribution in [2.75, 3.05) is 13.1 Å². The molecule has 1 aromatic rings. The molecule has 0 bridgehead atoms. The molecule has 1 unspecified atom stereocenters. The van der Waals surface area contributed by atoms with Gasteiger partial charge in [-0.1, -0.05) is 6.58 Å². The van der Waals surface area contributed by atoms with Gasteiger partial charge >= 0.3 is 0 Å². The molecule has 2 rings (SSSR count). The number of carbonyl (C=O) groups is 1. The lowest BCUT2D eigenvalue weighted by Gasteiger charge is -2.18. The fourth-order valence-corrected chi connectivity index (χ4v) is 2.55. The summed E-state index contributed by atoms with van der Waals surface area (Å²) in [5.41, 5.74) is 5.60. The Bertz CT molecular complexity index is 778. The predicted molar refractivity (Wildman–Crippen MR) is 93.4 cm³/mol. The minimum absolute atomic E-state index is 0.0109. The Morgan fingerprint density at radius 3 is 2.58 bits per heavy atom. The molecule has 1 heterocycles. The smallest absolute Gasteiger partial charge is 0.279 e. The van der Waals surface area contributed by atoms with Crippen molar-refractivity contribution in [2.24, 2.45) is 10.7 Å². The third-order valence-corrected chi connectivity index (χ3v) is 4.14. The molecule has 10 heteroatoms. The van der Waals surface area contributed by atoms with Crippen LogP contribution in [0.5, 0.6) is 0 Å². The second-order valence-corrected chi connectivity index (χ2v) is 6.60. The van der Waals surface area contributed by atoms with Gasteiger partial charge in [-0.05, 0) is 24.3 Å². The fraction of sp³-hybridized carbons (Fsp3) is 0.250. The highest BCUT2D eigenvalue weighted by atomic mass is 32.2. The fourth-order valence-electron chi connectivity index (χ4n) is 2.17. The molecule has 0 saturated carbocycles. The number of aliphatic imine (C=N–C) groups is 1. The van der Waals surface area contributed by atoms with E-state index in [4.69, 9.17) is 5.73 Å². The van der Waals surface area contributed by atoms with E-state index in [-0.39, 0.29) is 24.5 Å². The van der Waals surface area contributed by atoms with E-state index in [0.29, 0.717) is 5.69 Å². The van der Waals surface area contributed by atoms with Crippen LogP contribution in [0.15, 0.2) is 53.0 Å². The highest BCUT2D eigenvalue weighted by molar-refractivity contribution is 7.86. The quantitative estimate of drug-likeness (QED) is 0.460. The maximum absolute atomic E-state index is 13.5. The van der Waals surface area contributed by atoms with E-state index in [0.717, 1.165) is 11.5 Å². The van der Waals surface area contributed by atoms with Crippen molar-refractivity contribution >= 4 is 28.4 Å². The van der Waals surface area contributed by atoms with Crippen LogP contribution in [-0.4, -0.2) is 39.9 Å². The molecule has 1 aliphatic heterocycles. The topological polar surface area (TPSA) is 87.8 Å². The van der Waals surface area contributed by atoms with E-state index in [1.54, 1.807) is 0 Å². The molecule has 0 spiro atoms. The van der Waals surface area contributed by atoms with Gasteiger partial charge < -0.3 is 10.6 Å². The van der Waals surface area contributed by atoms with Crippen molar-refractivity contribution in [1.82, 2.24) is 9.62 Å². The molecule has 1 atom stereocenters. The standard InChI is InChI=1S/C16H17F3N4O2S/c1-2-26(25)22-15(24)13(20)9-14(23-8-7-16(18,19)10-23)21-12-5-3-11(17)4-6-12/h2-6,9H,1,7-8,10,20H2,(H,22,24)/b13-9-,21-14?. The number of carbonyl (C=O) groups excluding carboxylic acids is 1. The second kappa shape index (κ2) is 8.17. The summed E-state index contributed by atoms with van der Waals surface area (Å²) in [5, 5.41) is 1.000. The van der Waals surface area contributed by atoms with Gasteiger partial charge in [0.2, 0.25) is 0 Å². The van der Waals surface area contributed by atoms with E-state index in [9.17, 15) is 22.2 Å². The van der Waals surface area contributed by atoms with E-state index in [2.05, 4.69) is 16.3 Å². The number of amidine groups is 1. The Morgan fingerprint density at radius 1 is 1.38 bits per heavy atom. The van der Waals surface area contributed by atoms with Crippen LogP contribution in [0.4, 0.5) is 18.9 Å². The number of halogens is 3. The summed E-state index contributed by atoms with van der Waals surface area (Å²) in [4.78, 5) is 17.3. The number of rotatable bonds is 5. The molecule has 26 heavy (non-hydrogen) atoms. The Morgan fingerprint density at radius 2 is 2.04 bits per heavy atom. The average molecular weight is 386 g/mol. The first-order chi connectivity index (χ1) is 12.2. The zero-order valence-corrected chi connectivity index (χ0v) is 14.4. The van der Waals surface area contributed by atoms with Crippen LogP contribution in [0.1, 0.15) is 6.42 Å². The normalized spacial score (nSPS) is 18.5. The molecular formula is C16H17F3N4O2S. The van der Waals surface area contributed by atoms with Crippen molar-refractivity contribution in [2.45, 2.75) is 12.3 Å². The van der Waals surface area contributed by atoms with E-state index < -0.39 is 35.2 Å². The summed E-state index contributed by atoms with van der Waals surface area (Å²) in [6.07, 6.45) is 0.746. The summed E-state index contributed by atoms with van der Waals surface area (Å²) < 4.78 is 53.4. The maximum Gasteiger partial charge on any atom is 0.279 e. The Hall–Kier alpha value is -2.62. The van der Waals surface area contributed by atoms with Gasteiger partial charge in [0.05, 0.1) is 12.2 Å². The highest BCUT2D eigenvalue weighted by Gasteiger charge is 2.39. The molecule has 1 aliphatic rings. The average Bonchev–Trinajstić information content (AvgIpc) is 2.95. The van der Waals surface area contributed by atoms with Crippen molar-refractivity contribution in [3.05, 3.63) is 53.8 Å². The number of alkyl halides is 2. The van der Waals surface area contributed by atoms with Gasteiger partial charge in [0.1, 0.15) is 28.3 Å². The van der Waals surface area contributed by atoms with Crippen molar-refractivity contribution in [1.29, 1.82) is 0 Å². The largest absolute Gasteiger partial charge is 0.394 e. The first-order valence-corrected chi connectivity index (χ1v) is 8.70. The van der Waals surface area contributed by atoms with E-state index >= 15 is 0 Å². The Balaban J connectivity index is 2.32. The van der Waals surface area contributed by atoms with Gasteiger partial charge in [0, 0.05) is 24.4 Å². The molecule has 1 amide bonds. The number of nitrogens with one attached hydrogen (secondary N) is 1. The maximum atomic E-state index is 13.5. The van der Waals surface area contributed by atoms with Gasteiger partial charge in [-0.2, -0.15) is 0 Å². The van der Waals surface area contributed by atoms with Crippen LogP contribution < -0.4 is 10.5 Å². The number of nitrogens with two attached hydrogens (primary N) is 1. The number of benzene rings is 1. The van der Waals surface area contributed by atoms with Crippen molar-refractivity contribution < 1.29 is 22.2 Å². The Labute approximate surface area is 150 Å². The van der Waals surface area contributed by atoms with Crippen LogP contribution in [0, 0.1) is 5.82 Å². The van der Waals surface area contributed by atoms with Crippen LogP contribution in [0.25, 0.3) is 0 Å². The van der Waals surface area contributed by atoms with Gasteiger partial charge in [-0.3, -0.25) is 9.52 Å². The molecule has 140 valence electrons. The number of hydrogen-bond donors (Lipinski definition) is 2. The zero-order valence-electron chi connectivity index (χ0n) is 13.6. The Kier molecular flexibility index (Phi) is 6.19. The molecule has 1 saturated heterocycles. The van der Waals surface area contributed by atoms with Gasteiger partial charge in [0.15, 0.2) is 0 Å². The third kappa shape index (κ3) is 5.45. The minimum atomic E-state index is -2.89. The van der Waals surface area contributed by atoms with Crippen LogP contribution >= 0.6 is 0 Å². The monoisotopic (exact) mass is 386 g/mol. The molecule has 1 aromatic carbocycles. The van der Waals surface area contributed by atoms with Crippen LogP contribution in [0.2, 0.25) is 0 Å². The van der Waals surface area contributed by atoms with Crippen LogP contribution in [0.3, 0.4) is 0 Å². The zero-order chi connectivity index (χ0) is 19.3. The van der Waals surface area contributed by atoms with E-state index in [1.165, 1.54) is 29.2 Å². The molecule has 1 fully saturated rings. The SMILES string of the molecule is C=CS(=O)NC(=O)/C(N)=C/C(=Nc1ccc(F)cc1)N1CCC(F)(F)C1. The summed E-state index contributed by atoms with van der Waals surface area (Å²) in [5.74, 6) is -4.20. The molecule has 0 radical (unpaired) electrons. The van der Waals surface area contributed by atoms with Gasteiger partial charge in [-0.15, -0.1) is 0 Å². The lowest BCUT2D eigenvalue weighted by atomic mass is 10.3. The highest BCUT2D eigenvalue weighted by Crippen LogP contribution is 2.28. The van der Waals surface area contributed by atoms with E-state index in [1.807, 2.05) is 0 Å². The molecule has 0 aromatic heterocycles. The minimum Gasteiger partial charge on any atom is -0.394 e. The first-order valence-electron chi connectivity index (χ1n) is 7.48. The van der Waals surface area contributed by atoms with Crippen molar-refractivity contribution in [3.8, 4) is 0 Å². The lowest BCUT2D eigenvalue weighted by molar-refractivity contribution is -0.115. The third-order valence-electron chi connectivity index (χ3n) is 3.46. The molecule has 0 aliphatic carbocycles. The number of nitrogens with zero attached hydrogens (tertiary/aromatic N) is 2. The summed E-state index contributed by atoms with van der Waals surface area (Å²) in [6, 6.07) is 5.06. The first kappa shape index (κ1) is 19.7. The molecule has 3 N–H and O–H groups in total. The summed E-state index contributed by atoms with van der Waals surface area (Å²) in [7, 11) is -1.82. The number of hydrogen-bond acceptors (Lipinski definition) is 4. The van der Waals surface area contributed by atoms with Gasteiger partial charge in [0.25, 0.3) is 11.8 Å². The van der Waals surface area contributed by atoms with Crippen molar-refractivity contribution in [3.63, 3.8) is 0 Å². The number of likely N-dealkylation sites (tertiary alicyclic amines) is 1. The summed E-state index contributed by atoms with van der Waals surface area (Å²) >= 11 is 0. The molecular weight excluding hydrogens is 369 g/mol. The lowest BCUT2D eigenvalue weighted by Crippen LogP contribution is -2.33. The number of amides is 1. The summed E-state index contributed by atoms with van der Waals surface area (Å²) in [6.45, 7) is 2.68. The second-order valence-electron chi connectivity index (χ2n) is 5.47.